The van der Waals surface area contributed by atoms with Crippen LogP contribution in [0.15, 0.2) is 0 Å². The average molecular weight is 223 g/mol. The highest BCUT2D eigenvalue weighted by Crippen LogP contribution is 2.22. The first-order chi connectivity index (χ1) is 7.77. The van der Waals surface area contributed by atoms with Crippen LogP contribution in [0.4, 0.5) is 0 Å². The lowest BCUT2D eigenvalue weighted by Gasteiger charge is -2.34. The lowest BCUT2D eigenvalue weighted by atomic mass is 9.90. The molecular weight excluding hydrogens is 198 g/mol. The van der Waals surface area contributed by atoms with Crippen LogP contribution in [0, 0.1) is 11.3 Å². The van der Waals surface area contributed by atoms with Gasteiger partial charge in [-0.25, -0.2) is 0 Å². The van der Waals surface area contributed by atoms with E-state index >= 15 is 0 Å². The highest BCUT2D eigenvalue weighted by Gasteiger charge is 2.22. The number of hydrogen-bond acceptors (Lipinski definition) is 3. The zero-order valence-corrected chi connectivity index (χ0v) is 10.7. The first-order valence-electron chi connectivity index (χ1n) is 6.58. The third-order valence-corrected chi connectivity index (χ3v) is 3.58. The summed E-state index contributed by atoms with van der Waals surface area (Å²) in [5.41, 5.74) is 0. The van der Waals surface area contributed by atoms with Gasteiger partial charge in [-0.15, -0.1) is 0 Å². The predicted molar refractivity (Wildman–Crippen MR) is 67.2 cm³/mol. The summed E-state index contributed by atoms with van der Waals surface area (Å²) in [6.45, 7) is 4.29. The number of nitrogens with one attached hydrogen (secondary N) is 1. The van der Waals surface area contributed by atoms with Crippen LogP contribution in [0.3, 0.4) is 0 Å². The van der Waals surface area contributed by atoms with Crippen LogP contribution in [-0.4, -0.2) is 37.1 Å². The molecule has 16 heavy (non-hydrogen) atoms. The van der Waals surface area contributed by atoms with Crippen molar-refractivity contribution in [1.29, 1.82) is 5.26 Å². The monoisotopic (exact) mass is 223 g/mol. The fraction of sp³-hybridized carbons (Fsp3) is 0.923. The molecule has 3 heteroatoms. The molecule has 1 saturated carbocycles. The average Bonchev–Trinajstić information content (AvgIpc) is 2.34. The molecule has 0 heterocycles. The van der Waals surface area contributed by atoms with Crippen LogP contribution >= 0.6 is 0 Å². The van der Waals surface area contributed by atoms with E-state index in [1.54, 1.807) is 0 Å². The molecule has 1 N–H and O–H groups in total. The first-order valence-corrected chi connectivity index (χ1v) is 6.58. The molecule has 1 aliphatic carbocycles. The fourth-order valence-electron chi connectivity index (χ4n) is 2.48. The molecule has 0 saturated heterocycles. The molecule has 1 aliphatic rings. The maximum absolute atomic E-state index is 8.57. The molecule has 92 valence electrons. The topological polar surface area (TPSA) is 39.1 Å². The van der Waals surface area contributed by atoms with E-state index in [0.717, 1.165) is 19.1 Å². The van der Waals surface area contributed by atoms with Crippen LogP contribution in [0.1, 0.15) is 45.4 Å². The number of hydrogen-bond donors (Lipinski definition) is 1. The fourth-order valence-corrected chi connectivity index (χ4v) is 2.48. The summed E-state index contributed by atoms with van der Waals surface area (Å²) in [5.74, 6) is 0. The van der Waals surface area contributed by atoms with Gasteiger partial charge >= 0.3 is 0 Å². The highest BCUT2D eigenvalue weighted by atomic mass is 15.1. The van der Waals surface area contributed by atoms with Crippen molar-refractivity contribution in [3.8, 4) is 6.07 Å². The molecule has 0 amide bonds. The molecule has 3 nitrogen and oxygen atoms in total. The van der Waals surface area contributed by atoms with Gasteiger partial charge in [0.25, 0.3) is 0 Å². The summed E-state index contributed by atoms with van der Waals surface area (Å²) < 4.78 is 0. The second kappa shape index (κ2) is 7.65. The van der Waals surface area contributed by atoms with Gasteiger partial charge in [0.1, 0.15) is 0 Å². The Kier molecular flexibility index (Phi) is 6.44. The van der Waals surface area contributed by atoms with Gasteiger partial charge in [-0.1, -0.05) is 6.92 Å². The van der Waals surface area contributed by atoms with Crippen molar-refractivity contribution in [1.82, 2.24) is 10.2 Å². The van der Waals surface area contributed by atoms with E-state index in [1.165, 1.54) is 32.1 Å². The molecule has 0 unspecified atom stereocenters. The normalized spacial score (nSPS) is 25.6. The molecular formula is C13H25N3. The van der Waals surface area contributed by atoms with Gasteiger partial charge < -0.3 is 10.2 Å². The molecule has 0 aromatic heterocycles. The predicted octanol–water partition coefficient (Wildman–Crippen LogP) is 2.14. The van der Waals surface area contributed by atoms with Crippen LogP contribution < -0.4 is 5.32 Å². The van der Waals surface area contributed by atoms with Gasteiger partial charge in [0, 0.05) is 25.0 Å². The minimum Gasteiger partial charge on any atom is -0.314 e. The zero-order chi connectivity index (χ0) is 11.8. The highest BCUT2D eigenvalue weighted by molar-refractivity contribution is 4.83. The van der Waals surface area contributed by atoms with Crippen LogP contribution in [0.25, 0.3) is 0 Å². The van der Waals surface area contributed by atoms with Crippen molar-refractivity contribution in [2.24, 2.45) is 0 Å². The molecule has 0 spiro atoms. The van der Waals surface area contributed by atoms with E-state index < -0.39 is 0 Å². The summed E-state index contributed by atoms with van der Waals surface area (Å²) in [7, 11) is 2.15. The van der Waals surface area contributed by atoms with E-state index in [-0.39, 0.29) is 0 Å². The summed E-state index contributed by atoms with van der Waals surface area (Å²) >= 11 is 0. The Morgan fingerprint density at radius 1 is 1.31 bits per heavy atom. The summed E-state index contributed by atoms with van der Waals surface area (Å²) in [4.78, 5) is 2.36. The van der Waals surface area contributed by atoms with Gasteiger partial charge in [-0.2, -0.15) is 5.26 Å². The van der Waals surface area contributed by atoms with E-state index in [2.05, 4.69) is 30.3 Å². The number of nitrogens with zero attached hydrogens (tertiary/aromatic N) is 2. The lowest BCUT2D eigenvalue weighted by Crippen LogP contribution is -2.41. The smallest absolute Gasteiger partial charge is 0.0635 e. The third-order valence-electron chi connectivity index (χ3n) is 3.58. The third kappa shape index (κ3) is 4.51. The van der Waals surface area contributed by atoms with Crippen molar-refractivity contribution in [2.45, 2.75) is 57.5 Å². The van der Waals surface area contributed by atoms with Gasteiger partial charge in [-0.05, 0) is 45.7 Å². The van der Waals surface area contributed by atoms with Crippen molar-refractivity contribution in [3.05, 3.63) is 0 Å². The number of nitriles is 1. The molecule has 0 atom stereocenters. The minimum absolute atomic E-state index is 0.657. The van der Waals surface area contributed by atoms with Crippen molar-refractivity contribution in [3.63, 3.8) is 0 Å². The second-order valence-electron chi connectivity index (χ2n) is 4.85. The summed E-state index contributed by atoms with van der Waals surface area (Å²) in [6, 6.07) is 3.66. The van der Waals surface area contributed by atoms with Gasteiger partial charge in [-0.3, -0.25) is 0 Å². The van der Waals surface area contributed by atoms with E-state index in [4.69, 9.17) is 5.26 Å². The second-order valence-corrected chi connectivity index (χ2v) is 4.85. The van der Waals surface area contributed by atoms with E-state index in [9.17, 15) is 0 Å². The maximum atomic E-state index is 8.57. The quantitative estimate of drug-likeness (QED) is 0.750. The van der Waals surface area contributed by atoms with Crippen LogP contribution in [0.5, 0.6) is 0 Å². The van der Waals surface area contributed by atoms with Crippen LogP contribution in [-0.2, 0) is 0 Å². The molecule has 0 radical (unpaired) electrons. The molecule has 1 fully saturated rings. The zero-order valence-electron chi connectivity index (χ0n) is 10.7. The van der Waals surface area contributed by atoms with Crippen LogP contribution in [0.2, 0.25) is 0 Å². The van der Waals surface area contributed by atoms with Crippen molar-refractivity contribution >= 4 is 0 Å². The Hall–Kier alpha value is -0.590. The van der Waals surface area contributed by atoms with Crippen molar-refractivity contribution < 1.29 is 0 Å². The van der Waals surface area contributed by atoms with Gasteiger partial charge in [0.2, 0.25) is 0 Å². The van der Waals surface area contributed by atoms with Crippen molar-refractivity contribution in [2.75, 3.05) is 20.1 Å². The van der Waals surface area contributed by atoms with Gasteiger partial charge in [0.05, 0.1) is 6.07 Å². The Labute approximate surface area is 99.8 Å². The Bertz CT molecular complexity index is 214. The summed E-state index contributed by atoms with van der Waals surface area (Å²) in [5, 5.41) is 12.2. The van der Waals surface area contributed by atoms with E-state index in [1.807, 2.05) is 0 Å². The lowest BCUT2D eigenvalue weighted by molar-refractivity contribution is 0.177. The summed E-state index contributed by atoms with van der Waals surface area (Å²) in [6.07, 6.45) is 7.03. The molecule has 0 aromatic rings. The Morgan fingerprint density at radius 2 is 2.00 bits per heavy atom. The Morgan fingerprint density at radius 3 is 2.56 bits per heavy atom. The van der Waals surface area contributed by atoms with Gasteiger partial charge in [0.15, 0.2) is 0 Å². The number of rotatable bonds is 6. The maximum Gasteiger partial charge on any atom is 0.0635 e. The molecule has 0 bridgehead atoms. The first kappa shape index (κ1) is 13.5. The standard InChI is InChI=1S/C13H25N3/c1-3-10-15-12-5-7-13(8-6-12)16(2)11-4-9-14/h12-13,15H,3-8,10-11H2,1-2H3. The molecule has 0 aliphatic heterocycles. The molecule has 1 rings (SSSR count). The minimum atomic E-state index is 0.657. The molecule has 0 aromatic carbocycles. The Balaban J connectivity index is 2.18. The SMILES string of the molecule is CCCNC1CCC(N(C)CCC#N)CC1. The van der Waals surface area contributed by atoms with E-state index in [0.29, 0.717) is 12.5 Å². The largest absolute Gasteiger partial charge is 0.314 e.